The lowest BCUT2D eigenvalue weighted by atomic mass is 10.2. The number of hydrogen-bond donors (Lipinski definition) is 2. The molecular formula is C11H16N2O3. The van der Waals surface area contributed by atoms with Crippen LogP contribution in [-0.4, -0.2) is 47.6 Å². The smallest absolute Gasteiger partial charge is 0.327 e. The van der Waals surface area contributed by atoms with Crippen LogP contribution < -0.4 is 5.32 Å². The van der Waals surface area contributed by atoms with Crippen molar-refractivity contribution in [1.82, 2.24) is 10.2 Å². The van der Waals surface area contributed by atoms with Crippen LogP contribution in [0.15, 0.2) is 24.3 Å². The lowest BCUT2D eigenvalue weighted by molar-refractivity contribution is -0.149. The third-order valence-electron chi connectivity index (χ3n) is 2.35. The molecule has 1 rings (SSSR count). The molecule has 1 unspecified atom stereocenters. The Bertz CT molecular complexity index is 323. The fourth-order valence-electron chi connectivity index (χ4n) is 1.53. The van der Waals surface area contributed by atoms with E-state index in [0.717, 1.165) is 0 Å². The number of carboxylic acids is 1. The van der Waals surface area contributed by atoms with Crippen molar-refractivity contribution in [3.05, 3.63) is 24.3 Å². The number of nitrogens with one attached hydrogen (secondary N) is 1. The molecule has 0 aliphatic carbocycles. The second-order valence-electron chi connectivity index (χ2n) is 3.47. The van der Waals surface area contributed by atoms with Crippen molar-refractivity contribution in [2.45, 2.75) is 13.0 Å². The predicted octanol–water partition coefficient (Wildman–Crippen LogP) is 0.00370. The number of carbonyl (C=O) groups is 2. The number of rotatable bonds is 3. The number of carboxylic acid groups (broad SMARTS) is 1. The first-order valence-corrected chi connectivity index (χ1v) is 5.20. The molecule has 0 aromatic heterocycles. The molecule has 0 spiro atoms. The van der Waals surface area contributed by atoms with Gasteiger partial charge in [0.25, 0.3) is 0 Å². The number of allylic oxidation sites excluding steroid dienone is 3. The van der Waals surface area contributed by atoms with Gasteiger partial charge < -0.3 is 15.3 Å². The molecule has 1 atom stereocenters. The van der Waals surface area contributed by atoms with Gasteiger partial charge in [0.05, 0.1) is 0 Å². The van der Waals surface area contributed by atoms with E-state index in [2.05, 4.69) is 5.32 Å². The highest BCUT2D eigenvalue weighted by Crippen LogP contribution is 2.04. The summed E-state index contributed by atoms with van der Waals surface area (Å²) in [6, 6.07) is -0.767. The Kier molecular flexibility index (Phi) is 4.72. The van der Waals surface area contributed by atoms with Crippen molar-refractivity contribution in [3.63, 3.8) is 0 Å². The Morgan fingerprint density at radius 3 is 2.81 bits per heavy atom. The highest BCUT2D eigenvalue weighted by atomic mass is 16.4. The molecule has 0 aromatic rings. The zero-order valence-electron chi connectivity index (χ0n) is 9.22. The zero-order valence-corrected chi connectivity index (χ0v) is 9.22. The van der Waals surface area contributed by atoms with E-state index in [1.54, 1.807) is 18.2 Å². The standard InChI is InChI=1S/C11H16N2O3/c1-2-3-4-5-10(14)13-7-6-12-8-9(13)11(15)16/h2-5,9,12H,6-8H2,1H3,(H,15,16). The molecule has 5 nitrogen and oxygen atoms in total. The van der Waals surface area contributed by atoms with Gasteiger partial charge in [-0.15, -0.1) is 0 Å². The lowest BCUT2D eigenvalue weighted by Crippen LogP contribution is -2.56. The van der Waals surface area contributed by atoms with Crippen LogP contribution in [0, 0.1) is 0 Å². The molecule has 1 amide bonds. The number of nitrogens with zero attached hydrogens (tertiary/aromatic N) is 1. The fraction of sp³-hybridized carbons (Fsp3) is 0.455. The Balaban J connectivity index is 2.67. The van der Waals surface area contributed by atoms with Crippen molar-refractivity contribution < 1.29 is 14.7 Å². The van der Waals surface area contributed by atoms with Crippen molar-refractivity contribution in [1.29, 1.82) is 0 Å². The van der Waals surface area contributed by atoms with Crippen LogP contribution in [0.4, 0.5) is 0 Å². The van der Waals surface area contributed by atoms with Gasteiger partial charge in [0.15, 0.2) is 0 Å². The van der Waals surface area contributed by atoms with Crippen molar-refractivity contribution in [2.24, 2.45) is 0 Å². The highest BCUT2D eigenvalue weighted by Gasteiger charge is 2.30. The van der Waals surface area contributed by atoms with Gasteiger partial charge in [-0.2, -0.15) is 0 Å². The molecule has 1 aliphatic rings. The molecule has 0 bridgehead atoms. The quantitative estimate of drug-likeness (QED) is 0.523. The van der Waals surface area contributed by atoms with E-state index in [1.807, 2.05) is 6.92 Å². The van der Waals surface area contributed by atoms with Crippen LogP contribution in [0.25, 0.3) is 0 Å². The van der Waals surface area contributed by atoms with Gasteiger partial charge in [0.1, 0.15) is 6.04 Å². The van der Waals surface area contributed by atoms with Crippen molar-refractivity contribution >= 4 is 11.9 Å². The van der Waals surface area contributed by atoms with Gasteiger partial charge in [-0.05, 0) is 6.92 Å². The minimum Gasteiger partial charge on any atom is -0.480 e. The maximum absolute atomic E-state index is 11.7. The van der Waals surface area contributed by atoms with E-state index in [9.17, 15) is 9.59 Å². The van der Waals surface area contributed by atoms with E-state index < -0.39 is 12.0 Å². The van der Waals surface area contributed by atoms with Gasteiger partial charge in [-0.25, -0.2) is 4.79 Å². The number of amides is 1. The van der Waals surface area contributed by atoms with Gasteiger partial charge >= 0.3 is 5.97 Å². The van der Waals surface area contributed by atoms with E-state index in [1.165, 1.54) is 11.0 Å². The highest BCUT2D eigenvalue weighted by molar-refractivity contribution is 5.91. The summed E-state index contributed by atoms with van der Waals surface area (Å²) in [6.45, 7) is 3.21. The first kappa shape index (κ1) is 12.4. The van der Waals surface area contributed by atoms with Gasteiger partial charge in [-0.3, -0.25) is 4.79 Å². The predicted molar refractivity (Wildman–Crippen MR) is 60.0 cm³/mol. The van der Waals surface area contributed by atoms with Crippen molar-refractivity contribution in [3.8, 4) is 0 Å². The Labute approximate surface area is 94.4 Å². The van der Waals surface area contributed by atoms with Gasteiger partial charge in [0, 0.05) is 25.7 Å². The first-order chi connectivity index (χ1) is 7.66. The van der Waals surface area contributed by atoms with E-state index in [0.29, 0.717) is 19.6 Å². The van der Waals surface area contributed by atoms with E-state index in [4.69, 9.17) is 5.11 Å². The summed E-state index contributed by atoms with van der Waals surface area (Å²) in [5.74, 6) is -1.23. The van der Waals surface area contributed by atoms with Gasteiger partial charge in [-0.1, -0.05) is 18.2 Å². The monoisotopic (exact) mass is 224 g/mol. The normalized spacial score (nSPS) is 21.8. The molecule has 16 heavy (non-hydrogen) atoms. The largest absolute Gasteiger partial charge is 0.480 e. The maximum atomic E-state index is 11.7. The molecule has 1 aliphatic heterocycles. The number of piperazine rings is 1. The number of hydrogen-bond acceptors (Lipinski definition) is 3. The van der Waals surface area contributed by atoms with Crippen LogP contribution in [0.2, 0.25) is 0 Å². The minimum absolute atomic E-state index is 0.257. The molecule has 0 aromatic carbocycles. The molecule has 88 valence electrons. The minimum atomic E-state index is -0.972. The fourth-order valence-corrected chi connectivity index (χ4v) is 1.53. The molecule has 1 fully saturated rings. The van der Waals surface area contributed by atoms with E-state index >= 15 is 0 Å². The molecule has 0 saturated carbocycles. The second kappa shape index (κ2) is 6.07. The summed E-state index contributed by atoms with van der Waals surface area (Å²) in [5, 5.41) is 11.9. The Morgan fingerprint density at radius 2 is 2.19 bits per heavy atom. The van der Waals surface area contributed by atoms with Crippen LogP contribution in [-0.2, 0) is 9.59 Å². The molecule has 1 saturated heterocycles. The summed E-state index contributed by atoms with van der Waals surface area (Å²) in [6.07, 6.45) is 6.54. The summed E-state index contributed by atoms with van der Waals surface area (Å²) >= 11 is 0. The molecular weight excluding hydrogens is 208 g/mol. The molecule has 5 heteroatoms. The third kappa shape index (κ3) is 3.20. The van der Waals surface area contributed by atoms with Crippen LogP contribution in [0.5, 0.6) is 0 Å². The summed E-state index contributed by atoms with van der Waals surface area (Å²) in [7, 11) is 0. The average molecular weight is 224 g/mol. The topological polar surface area (TPSA) is 69.6 Å². The second-order valence-corrected chi connectivity index (χ2v) is 3.47. The Morgan fingerprint density at radius 1 is 1.44 bits per heavy atom. The molecule has 1 heterocycles. The summed E-state index contributed by atoms with van der Waals surface area (Å²) in [4.78, 5) is 24.0. The molecule has 2 N–H and O–H groups in total. The molecule has 0 radical (unpaired) electrons. The maximum Gasteiger partial charge on any atom is 0.327 e. The average Bonchev–Trinajstić information content (AvgIpc) is 2.29. The van der Waals surface area contributed by atoms with Gasteiger partial charge in [0.2, 0.25) is 5.91 Å². The number of carbonyl (C=O) groups excluding carboxylic acids is 1. The SMILES string of the molecule is CC=CC=CC(=O)N1CCNCC1C(=O)O. The number of aliphatic carboxylic acids is 1. The third-order valence-corrected chi connectivity index (χ3v) is 2.35. The summed E-state index contributed by atoms with van der Waals surface area (Å²) < 4.78 is 0. The zero-order chi connectivity index (χ0) is 12.0. The Hall–Kier alpha value is -1.62. The van der Waals surface area contributed by atoms with Crippen molar-refractivity contribution in [2.75, 3.05) is 19.6 Å². The first-order valence-electron chi connectivity index (χ1n) is 5.20. The van der Waals surface area contributed by atoms with E-state index in [-0.39, 0.29) is 5.91 Å². The lowest BCUT2D eigenvalue weighted by Gasteiger charge is -2.32. The van der Waals surface area contributed by atoms with Crippen LogP contribution >= 0.6 is 0 Å². The van der Waals surface area contributed by atoms with Crippen LogP contribution in [0.1, 0.15) is 6.92 Å². The summed E-state index contributed by atoms with van der Waals surface area (Å²) in [5.41, 5.74) is 0. The van der Waals surface area contributed by atoms with Crippen LogP contribution in [0.3, 0.4) is 0 Å².